The third-order valence-electron chi connectivity index (χ3n) is 3.80. The second-order valence-corrected chi connectivity index (χ2v) is 7.06. The zero-order valence-electron chi connectivity index (χ0n) is 15.9. The molecule has 1 amide bonds. The quantitative estimate of drug-likeness (QED) is 0.745. The fraction of sp³-hybridized carbons (Fsp3) is 0.421. The van der Waals surface area contributed by atoms with Crippen LogP contribution in [-0.2, 0) is 12.0 Å². The molecule has 0 saturated heterocycles. The molecule has 142 valence electrons. The van der Waals surface area contributed by atoms with Crippen LogP contribution in [0, 0.1) is 6.92 Å². The Labute approximate surface area is 160 Å². The summed E-state index contributed by atoms with van der Waals surface area (Å²) in [5.41, 5.74) is 1.48. The third-order valence-corrected chi connectivity index (χ3v) is 3.80. The van der Waals surface area contributed by atoms with Crippen molar-refractivity contribution in [3.05, 3.63) is 57.3 Å². The number of aromatic nitrogens is 2. The topological polar surface area (TPSA) is 86.9 Å². The SMILES string of the molecule is CCNCc1cccc(NC(=O)c2c(C)nc(C(C)(C)C)[nH]c2=O)c1.Cl. The molecule has 0 aliphatic rings. The van der Waals surface area contributed by atoms with E-state index in [1.54, 1.807) is 13.0 Å². The number of hydrogen-bond donors (Lipinski definition) is 3. The number of nitrogens with zero attached hydrogens (tertiary/aromatic N) is 1. The number of H-pyrrole nitrogens is 1. The summed E-state index contributed by atoms with van der Waals surface area (Å²) < 4.78 is 0. The molecule has 0 unspecified atom stereocenters. The summed E-state index contributed by atoms with van der Waals surface area (Å²) in [5.74, 6) is 0.117. The number of carbonyl (C=O) groups is 1. The lowest BCUT2D eigenvalue weighted by atomic mass is 9.95. The van der Waals surface area contributed by atoms with Crippen LogP contribution in [0.4, 0.5) is 5.69 Å². The van der Waals surface area contributed by atoms with Crippen molar-refractivity contribution in [2.45, 2.75) is 46.6 Å². The number of aryl methyl sites for hydroxylation is 1. The van der Waals surface area contributed by atoms with Crippen molar-refractivity contribution < 1.29 is 4.79 Å². The molecule has 26 heavy (non-hydrogen) atoms. The Morgan fingerprint density at radius 3 is 2.54 bits per heavy atom. The molecule has 2 aromatic rings. The molecule has 3 N–H and O–H groups in total. The van der Waals surface area contributed by atoms with Gasteiger partial charge in [-0.15, -0.1) is 12.4 Å². The highest BCUT2D eigenvalue weighted by Gasteiger charge is 2.22. The molecule has 0 atom stereocenters. The van der Waals surface area contributed by atoms with E-state index in [2.05, 4.69) is 20.6 Å². The van der Waals surface area contributed by atoms with Gasteiger partial charge in [0.05, 0.1) is 5.69 Å². The molecule has 1 aromatic heterocycles. The predicted molar refractivity (Wildman–Crippen MR) is 107 cm³/mol. The van der Waals surface area contributed by atoms with Crippen molar-refractivity contribution in [3.63, 3.8) is 0 Å². The molecule has 0 saturated carbocycles. The van der Waals surface area contributed by atoms with Gasteiger partial charge in [-0.25, -0.2) is 4.98 Å². The summed E-state index contributed by atoms with van der Waals surface area (Å²) in [4.78, 5) is 32.1. The molecule has 0 fully saturated rings. The lowest BCUT2D eigenvalue weighted by Gasteiger charge is -2.18. The zero-order chi connectivity index (χ0) is 18.6. The normalized spacial score (nSPS) is 11.0. The van der Waals surface area contributed by atoms with Crippen LogP contribution in [0.2, 0.25) is 0 Å². The Balaban J connectivity index is 0.00000338. The largest absolute Gasteiger partial charge is 0.322 e. The van der Waals surface area contributed by atoms with Gasteiger partial charge in [0, 0.05) is 17.6 Å². The minimum atomic E-state index is -0.452. The Morgan fingerprint density at radius 1 is 1.27 bits per heavy atom. The molecule has 1 aromatic carbocycles. The van der Waals surface area contributed by atoms with Crippen LogP contribution in [0.5, 0.6) is 0 Å². The molecule has 0 spiro atoms. The summed E-state index contributed by atoms with van der Waals surface area (Å²) in [6.07, 6.45) is 0. The first-order valence-electron chi connectivity index (χ1n) is 8.44. The number of aromatic amines is 1. The molecular weight excluding hydrogens is 352 g/mol. The Kier molecular flexibility index (Phi) is 7.54. The molecule has 1 heterocycles. The van der Waals surface area contributed by atoms with E-state index < -0.39 is 11.5 Å². The Bertz CT molecular complexity index is 825. The zero-order valence-corrected chi connectivity index (χ0v) is 16.7. The van der Waals surface area contributed by atoms with E-state index in [1.807, 2.05) is 45.9 Å². The summed E-state index contributed by atoms with van der Waals surface area (Å²) in [6, 6.07) is 7.55. The lowest BCUT2D eigenvalue weighted by Crippen LogP contribution is -2.30. The maximum atomic E-state index is 12.6. The minimum absolute atomic E-state index is 0. The third kappa shape index (κ3) is 5.41. The smallest absolute Gasteiger partial charge is 0.264 e. The molecule has 6 nitrogen and oxygen atoms in total. The van der Waals surface area contributed by atoms with E-state index >= 15 is 0 Å². The second kappa shape index (κ2) is 8.96. The highest BCUT2D eigenvalue weighted by molar-refractivity contribution is 6.04. The Morgan fingerprint density at radius 2 is 1.96 bits per heavy atom. The number of anilines is 1. The van der Waals surface area contributed by atoms with Crippen LogP contribution >= 0.6 is 12.4 Å². The molecule has 0 bridgehead atoms. The van der Waals surface area contributed by atoms with Crippen LogP contribution in [0.25, 0.3) is 0 Å². The van der Waals surface area contributed by atoms with Crippen LogP contribution in [-0.4, -0.2) is 22.4 Å². The highest BCUT2D eigenvalue weighted by Crippen LogP contribution is 2.18. The van der Waals surface area contributed by atoms with Crippen molar-refractivity contribution in [2.75, 3.05) is 11.9 Å². The molecular formula is C19H27ClN4O2. The maximum absolute atomic E-state index is 12.6. The van der Waals surface area contributed by atoms with Crippen LogP contribution in [0.3, 0.4) is 0 Å². The van der Waals surface area contributed by atoms with Gasteiger partial charge in [0.25, 0.3) is 11.5 Å². The second-order valence-electron chi connectivity index (χ2n) is 7.06. The fourth-order valence-corrected chi connectivity index (χ4v) is 2.43. The van der Waals surface area contributed by atoms with E-state index in [0.29, 0.717) is 17.2 Å². The van der Waals surface area contributed by atoms with Gasteiger partial charge in [-0.3, -0.25) is 9.59 Å². The van der Waals surface area contributed by atoms with E-state index in [9.17, 15) is 9.59 Å². The number of hydrogen-bond acceptors (Lipinski definition) is 4. The van der Waals surface area contributed by atoms with Gasteiger partial charge in [-0.05, 0) is 31.2 Å². The van der Waals surface area contributed by atoms with Gasteiger partial charge in [0.1, 0.15) is 11.4 Å². The number of carbonyl (C=O) groups excluding carboxylic acids is 1. The first kappa shape index (κ1) is 21.9. The van der Waals surface area contributed by atoms with Crippen molar-refractivity contribution in [1.82, 2.24) is 15.3 Å². The summed E-state index contributed by atoms with van der Waals surface area (Å²) in [6.45, 7) is 11.2. The highest BCUT2D eigenvalue weighted by atomic mass is 35.5. The number of nitrogens with one attached hydrogen (secondary N) is 3. The number of benzene rings is 1. The van der Waals surface area contributed by atoms with Crippen LogP contribution in [0.1, 0.15) is 55.1 Å². The van der Waals surface area contributed by atoms with E-state index in [0.717, 1.165) is 18.7 Å². The fourth-order valence-electron chi connectivity index (χ4n) is 2.43. The van der Waals surface area contributed by atoms with E-state index in [-0.39, 0.29) is 23.4 Å². The van der Waals surface area contributed by atoms with Crippen molar-refractivity contribution in [2.24, 2.45) is 0 Å². The summed E-state index contributed by atoms with van der Waals surface area (Å²) in [7, 11) is 0. The number of halogens is 1. The van der Waals surface area contributed by atoms with E-state index in [1.165, 1.54) is 0 Å². The van der Waals surface area contributed by atoms with E-state index in [4.69, 9.17) is 0 Å². The average Bonchev–Trinajstić information content (AvgIpc) is 2.51. The lowest BCUT2D eigenvalue weighted by molar-refractivity contribution is 0.102. The van der Waals surface area contributed by atoms with Gasteiger partial charge in [-0.2, -0.15) is 0 Å². The number of rotatable bonds is 5. The average molecular weight is 379 g/mol. The first-order chi connectivity index (χ1) is 11.7. The monoisotopic (exact) mass is 378 g/mol. The van der Waals surface area contributed by atoms with Crippen molar-refractivity contribution in [1.29, 1.82) is 0 Å². The van der Waals surface area contributed by atoms with Gasteiger partial charge < -0.3 is 15.6 Å². The molecule has 0 aliphatic heterocycles. The van der Waals surface area contributed by atoms with Gasteiger partial charge >= 0.3 is 0 Å². The van der Waals surface area contributed by atoms with Gasteiger partial charge in [-0.1, -0.05) is 39.8 Å². The van der Waals surface area contributed by atoms with Crippen LogP contribution < -0.4 is 16.2 Å². The summed E-state index contributed by atoms with van der Waals surface area (Å²) in [5, 5.41) is 6.03. The molecule has 2 rings (SSSR count). The predicted octanol–water partition coefficient (Wildman–Crippen LogP) is 3.16. The Hall–Kier alpha value is -2.18. The van der Waals surface area contributed by atoms with Crippen molar-refractivity contribution in [3.8, 4) is 0 Å². The van der Waals surface area contributed by atoms with Crippen molar-refractivity contribution >= 4 is 24.0 Å². The van der Waals surface area contributed by atoms with Crippen LogP contribution in [0.15, 0.2) is 29.1 Å². The molecule has 0 aliphatic carbocycles. The minimum Gasteiger partial charge on any atom is -0.322 e. The molecule has 0 radical (unpaired) electrons. The first-order valence-corrected chi connectivity index (χ1v) is 8.44. The summed E-state index contributed by atoms with van der Waals surface area (Å²) >= 11 is 0. The standard InChI is InChI=1S/C19H26N4O2.ClH/c1-6-20-11-13-8-7-9-14(10-13)22-16(24)15-12(2)21-18(19(3,4)5)23-17(15)25;/h7-10,20H,6,11H2,1-5H3,(H,22,24)(H,21,23,25);1H. The van der Waals surface area contributed by atoms with Gasteiger partial charge in [0.15, 0.2) is 0 Å². The molecule has 7 heteroatoms. The number of amides is 1. The maximum Gasteiger partial charge on any atom is 0.264 e. The van der Waals surface area contributed by atoms with Gasteiger partial charge in [0.2, 0.25) is 0 Å².